The van der Waals surface area contributed by atoms with Crippen molar-refractivity contribution in [2.24, 2.45) is 5.92 Å². The van der Waals surface area contributed by atoms with Crippen molar-refractivity contribution in [1.82, 2.24) is 4.98 Å². The number of carbonyl (C=O) groups is 1. The molecule has 2 atom stereocenters. The van der Waals surface area contributed by atoms with Gasteiger partial charge < -0.3 is 10.0 Å². The van der Waals surface area contributed by atoms with Crippen LogP contribution in [0, 0.1) is 5.92 Å². The molecule has 2 bridgehead atoms. The summed E-state index contributed by atoms with van der Waals surface area (Å²) in [7, 11) is 0. The lowest BCUT2D eigenvalue weighted by Gasteiger charge is -2.28. The van der Waals surface area contributed by atoms with E-state index in [0.717, 1.165) is 36.8 Å². The molecule has 2 fully saturated rings. The summed E-state index contributed by atoms with van der Waals surface area (Å²) in [5.74, 6) is 0.802. The van der Waals surface area contributed by atoms with Crippen LogP contribution < -0.4 is 4.90 Å². The van der Waals surface area contributed by atoms with Crippen molar-refractivity contribution in [3.05, 3.63) is 23.4 Å². The molecule has 2 unspecified atom stereocenters. The van der Waals surface area contributed by atoms with E-state index in [2.05, 4.69) is 16.8 Å². The van der Waals surface area contributed by atoms with Gasteiger partial charge in [0.2, 0.25) is 0 Å². The van der Waals surface area contributed by atoms with Crippen molar-refractivity contribution in [2.45, 2.75) is 45.1 Å². The van der Waals surface area contributed by atoms with E-state index in [1.54, 1.807) is 12.1 Å². The molecule has 1 aromatic heterocycles. The minimum atomic E-state index is -0.856. The molecule has 2 aliphatic rings. The molecule has 0 spiro atoms. The molecule has 1 aromatic rings. The molecule has 1 aliphatic carbocycles. The van der Waals surface area contributed by atoms with Gasteiger partial charge in [0.05, 0.1) is 5.56 Å². The SMILES string of the molecule is CCCc1cc(C(=O)O)cc(N2CC3CCC2C3)n1. The number of hydrogen-bond donors (Lipinski definition) is 1. The third kappa shape index (κ3) is 2.31. The second-order valence-electron chi connectivity index (χ2n) is 5.75. The topological polar surface area (TPSA) is 53.4 Å². The third-order valence-corrected chi connectivity index (χ3v) is 4.32. The quantitative estimate of drug-likeness (QED) is 0.904. The van der Waals surface area contributed by atoms with Gasteiger partial charge in [-0.05, 0) is 43.7 Å². The number of nitrogens with zero attached hydrogens (tertiary/aromatic N) is 2. The van der Waals surface area contributed by atoms with E-state index >= 15 is 0 Å². The molecule has 0 radical (unpaired) electrons. The van der Waals surface area contributed by atoms with Gasteiger partial charge in [0, 0.05) is 18.3 Å². The first kappa shape index (κ1) is 12.5. The van der Waals surface area contributed by atoms with Gasteiger partial charge in [-0.1, -0.05) is 13.3 Å². The number of fused-ring (bicyclic) bond motifs is 2. The summed E-state index contributed by atoms with van der Waals surface area (Å²) in [6.07, 6.45) is 5.63. The smallest absolute Gasteiger partial charge is 0.335 e. The molecule has 2 heterocycles. The number of rotatable bonds is 4. The first-order valence-electron chi connectivity index (χ1n) is 7.18. The van der Waals surface area contributed by atoms with Crippen LogP contribution in [0.2, 0.25) is 0 Å². The number of hydrogen-bond acceptors (Lipinski definition) is 3. The number of aryl methyl sites for hydroxylation is 1. The Morgan fingerprint density at radius 1 is 1.47 bits per heavy atom. The zero-order chi connectivity index (χ0) is 13.4. The highest BCUT2D eigenvalue weighted by Crippen LogP contribution is 2.39. The van der Waals surface area contributed by atoms with Gasteiger partial charge in [-0.2, -0.15) is 0 Å². The van der Waals surface area contributed by atoms with E-state index in [1.807, 2.05) is 0 Å². The van der Waals surface area contributed by atoms with Crippen LogP contribution in [-0.4, -0.2) is 28.6 Å². The van der Waals surface area contributed by atoms with E-state index in [9.17, 15) is 9.90 Å². The summed E-state index contributed by atoms with van der Waals surface area (Å²) in [6.45, 7) is 3.14. The summed E-state index contributed by atoms with van der Waals surface area (Å²) < 4.78 is 0. The normalized spacial score (nSPS) is 25.0. The van der Waals surface area contributed by atoms with Crippen molar-refractivity contribution in [2.75, 3.05) is 11.4 Å². The molecule has 0 aromatic carbocycles. The lowest BCUT2D eigenvalue weighted by molar-refractivity contribution is 0.0696. The maximum absolute atomic E-state index is 11.2. The summed E-state index contributed by atoms with van der Waals surface area (Å²) in [5, 5.41) is 9.23. The Morgan fingerprint density at radius 3 is 2.89 bits per heavy atom. The van der Waals surface area contributed by atoms with Crippen molar-refractivity contribution in [3.8, 4) is 0 Å². The van der Waals surface area contributed by atoms with Gasteiger partial charge in [-0.15, -0.1) is 0 Å². The zero-order valence-corrected chi connectivity index (χ0v) is 11.3. The predicted octanol–water partition coefficient (Wildman–Crippen LogP) is 2.72. The Labute approximate surface area is 113 Å². The van der Waals surface area contributed by atoms with Crippen LogP contribution in [0.25, 0.3) is 0 Å². The molecule has 4 heteroatoms. The van der Waals surface area contributed by atoms with E-state index < -0.39 is 5.97 Å². The summed E-state index contributed by atoms with van der Waals surface area (Å²) in [4.78, 5) is 18.2. The average molecular weight is 260 g/mol. The van der Waals surface area contributed by atoms with Crippen molar-refractivity contribution >= 4 is 11.8 Å². The highest BCUT2D eigenvalue weighted by atomic mass is 16.4. The van der Waals surface area contributed by atoms with Crippen molar-refractivity contribution in [3.63, 3.8) is 0 Å². The maximum Gasteiger partial charge on any atom is 0.335 e. The number of aromatic nitrogens is 1. The van der Waals surface area contributed by atoms with Crippen molar-refractivity contribution in [1.29, 1.82) is 0 Å². The lowest BCUT2D eigenvalue weighted by atomic mass is 10.1. The van der Waals surface area contributed by atoms with Gasteiger partial charge in [-0.3, -0.25) is 0 Å². The Hall–Kier alpha value is -1.58. The molecule has 4 nitrogen and oxygen atoms in total. The van der Waals surface area contributed by atoms with Crippen LogP contribution in [0.4, 0.5) is 5.82 Å². The van der Waals surface area contributed by atoms with E-state index in [-0.39, 0.29) is 0 Å². The fourth-order valence-corrected chi connectivity index (χ4v) is 3.43. The molecular weight excluding hydrogens is 240 g/mol. The Kier molecular flexibility index (Phi) is 3.17. The molecule has 3 rings (SSSR count). The lowest BCUT2D eigenvalue weighted by Crippen LogP contribution is -2.32. The standard InChI is InChI=1S/C15H20N2O2/c1-2-3-12-7-11(15(18)19)8-14(16-12)17-9-10-4-5-13(17)6-10/h7-8,10,13H,2-6,9H2,1H3,(H,18,19). The molecule has 1 aliphatic heterocycles. The Balaban J connectivity index is 1.93. The van der Waals surface area contributed by atoms with E-state index in [0.29, 0.717) is 11.6 Å². The highest BCUT2D eigenvalue weighted by molar-refractivity contribution is 5.88. The number of piperidine rings is 1. The predicted molar refractivity (Wildman–Crippen MR) is 73.7 cm³/mol. The number of pyridine rings is 1. The minimum Gasteiger partial charge on any atom is -0.478 e. The summed E-state index contributed by atoms with van der Waals surface area (Å²) in [6, 6.07) is 4.03. The second-order valence-corrected chi connectivity index (χ2v) is 5.75. The Morgan fingerprint density at radius 2 is 2.32 bits per heavy atom. The number of anilines is 1. The second kappa shape index (κ2) is 4.83. The fraction of sp³-hybridized carbons (Fsp3) is 0.600. The van der Waals surface area contributed by atoms with Crippen molar-refractivity contribution < 1.29 is 9.90 Å². The largest absolute Gasteiger partial charge is 0.478 e. The van der Waals surface area contributed by atoms with Crippen LogP contribution in [0.15, 0.2) is 12.1 Å². The Bertz CT molecular complexity index is 501. The molecule has 1 saturated heterocycles. The molecule has 1 N–H and O–H groups in total. The van der Waals surface area contributed by atoms with Gasteiger partial charge in [0.25, 0.3) is 0 Å². The molecule has 19 heavy (non-hydrogen) atoms. The van der Waals surface area contributed by atoms with Gasteiger partial charge in [0.1, 0.15) is 5.82 Å². The molecule has 1 saturated carbocycles. The number of aromatic carboxylic acids is 1. The first-order chi connectivity index (χ1) is 9.17. The summed E-state index contributed by atoms with van der Waals surface area (Å²) in [5.41, 5.74) is 1.27. The third-order valence-electron chi connectivity index (χ3n) is 4.32. The molecule has 0 amide bonds. The van der Waals surface area contributed by atoms with Crippen LogP contribution >= 0.6 is 0 Å². The van der Waals surface area contributed by atoms with Crippen LogP contribution in [0.3, 0.4) is 0 Å². The zero-order valence-electron chi connectivity index (χ0n) is 11.3. The number of carboxylic acids is 1. The van der Waals surface area contributed by atoms with Gasteiger partial charge in [-0.25, -0.2) is 9.78 Å². The highest BCUT2D eigenvalue weighted by Gasteiger charge is 2.38. The van der Waals surface area contributed by atoms with Crippen LogP contribution in [0.5, 0.6) is 0 Å². The van der Waals surface area contributed by atoms with Gasteiger partial charge >= 0.3 is 5.97 Å². The fourth-order valence-electron chi connectivity index (χ4n) is 3.43. The minimum absolute atomic E-state index is 0.372. The monoisotopic (exact) mass is 260 g/mol. The van der Waals surface area contributed by atoms with Crippen LogP contribution in [0.1, 0.15) is 48.7 Å². The van der Waals surface area contributed by atoms with Gasteiger partial charge in [0.15, 0.2) is 0 Å². The van der Waals surface area contributed by atoms with E-state index in [4.69, 9.17) is 0 Å². The molecular formula is C15H20N2O2. The van der Waals surface area contributed by atoms with Crippen LogP contribution in [-0.2, 0) is 6.42 Å². The summed E-state index contributed by atoms with van der Waals surface area (Å²) >= 11 is 0. The maximum atomic E-state index is 11.2. The average Bonchev–Trinajstić information content (AvgIpc) is 3.01. The molecule has 102 valence electrons. The van der Waals surface area contributed by atoms with E-state index in [1.165, 1.54) is 19.3 Å². The first-order valence-corrected chi connectivity index (χ1v) is 7.18. The number of carboxylic acid groups (broad SMARTS) is 1.